The Morgan fingerprint density at radius 2 is 1.55 bits per heavy atom. The van der Waals surface area contributed by atoms with Crippen LogP contribution < -0.4 is 0 Å². The summed E-state index contributed by atoms with van der Waals surface area (Å²) in [7, 11) is 0. The van der Waals surface area contributed by atoms with Crippen molar-refractivity contribution < 1.29 is 0 Å². The summed E-state index contributed by atoms with van der Waals surface area (Å²) in [5.74, 6) is 0. The van der Waals surface area contributed by atoms with Crippen molar-refractivity contribution in [2.45, 2.75) is 20.8 Å². The van der Waals surface area contributed by atoms with Crippen molar-refractivity contribution in [3.63, 3.8) is 0 Å². The highest BCUT2D eigenvalue weighted by Crippen LogP contribution is 2.24. The van der Waals surface area contributed by atoms with Gasteiger partial charge in [0.15, 0.2) is 5.69 Å². The molecule has 0 spiro atoms. The first-order chi connectivity index (χ1) is 5.15. The second-order valence-corrected chi connectivity index (χ2v) is 2.86. The molecule has 0 aliphatic heterocycles. The number of benzene rings is 1. The molecule has 0 aliphatic rings. The second kappa shape index (κ2) is 2.75. The van der Waals surface area contributed by atoms with Crippen LogP contribution in [0.3, 0.4) is 0 Å². The van der Waals surface area contributed by atoms with E-state index >= 15 is 0 Å². The summed E-state index contributed by atoms with van der Waals surface area (Å²) in [6.45, 7) is 12.9. The first-order valence-corrected chi connectivity index (χ1v) is 3.60. The predicted octanol–water partition coefficient (Wildman–Crippen LogP) is 3.16. The topological polar surface area (TPSA) is 4.36 Å². The molecule has 0 radical (unpaired) electrons. The Hall–Kier alpha value is -1.29. The van der Waals surface area contributed by atoms with Crippen LogP contribution in [0.25, 0.3) is 4.85 Å². The van der Waals surface area contributed by atoms with E-state index in [1.807, 2.05) is 32.9 Å². The summed E-state index contributed by atoms with van der Waals surface area (Å²) >= 11 is 0. The van der Waals surface area contributed by atoms with E-state index in [1.54, 1.807) is 0 Å². The number of hydrogen-bond donors (Lipinski definition) is 0. The van der Waals surface area contributed by atoms with Gasteiger partial charge in [-0.2, -0.15) is 0 Å². The molecule has 0 heterocycles. The van der Waals surface area contributed by atoms with Crippen molar-refractivity contribution in [2.75, 3.05) is 0 Å². The molecule has 1 nitrogen and oxygen atoms in total. The van der Waals surface area contributed by atoms with E-state index in [4.69, 9.17) is 6.57 Å². The zero-order chi connectivity index (χ0) is 8.43. The van der Waals surface area contributed by atoms with Gasteiger partial charge < -0.3 is 0 Å². The van der Waals surface area contributed by atoms with Gasteiger partial charge in [0.25, 0.3) is 0 Å². The minimum absolute atomic E-state index is 0.801. The fourth-order valence-corrected chi connectivity index (χ4v) is 1.35. The fourth-order valence-electron chi connectivity index (χ4n) is 1.35. The normalized spacial score (nSPS) is 9.27. The van der Waals surface area contributed by atoms with Crippen LogP contribution in [0.15, 0.2) is 12.1 Å². The van der Waals surface area contributed by atoms with Crippen molar-refractivity contribution in [2.24, 2.45) is 0 Å². The lowest BCUT2D eigenvalue weighted by Crippen LogP contribution is -1.81. The highest BCUT2D eigenvalue weighted by molar-refractivity contribution is 5.58. The van der Waals surface area contributed by atoms with Gasteiger partial charge in [0.2, 0.25) is 0 Å². The predicted molar refractivity (Wildman–Crippen MR) is 46.9 cm³/mol. The number of nitrogens with zero attached hydrogens (tertiary/aromatic N) is 1. The third-order valence-corrected chi connectivity index (χ3v) is 1.75. The Kier molecular flexibility index (Phi) is 1.96. The van der Waals surface area contributed by atoms with E-state index in [1.165, 1.54) is 5.56 Å². The Labute approximate surface area is 67.5 Å². The van der Waals surface area contributed by atoms with Crippen molar-refractivity contribution in [3.05, 3.63) is 40.2 Å². The maximum atomic E-state index is 6.92. The SMILES string of the molecule is [C-]#[N+]c1c(C)cc(C)cc1C. The number of aryl methyl sites for hydroxylation is 3. The van der Waals surface area contributed by atoms with Gasteiger partial charge in [-0.25, -0.2) is 4.85 Å². The second-order valence-electron chi connectivity index (χ2n) is 2.86. The largest absolute Gasteiger partial charge is 0.238 e. The first kappa shape index (κ1) is 7.81. The highest BCUT2D eigenvalue weighted by atomic mass is 14.6. The van der Waals surface area contributed by atoms with E-state index in [9.17, 15) is 0 Å². The van der Waals surface area contributed by atoms with E-state index in [0.29, 0.717) is 0 Å². The Balaban J connectivity index is 3.40. The Morgan fingerprint density at radius 1 is 1.09 bits per heavy atom. The maximum Gasteiger partial charge on any atom is 0.193 e. The number of hydrogen-bond acceptors (Lipinski definition) is 0. The van der Waals surface area contributed by atoms with Gasteiger partial charge in [-0.3, -0.25) is 0 Å². The highest BCUT2D eigenvalue weighted by Gasteiger charge is 2.01. The summed E-state index contributed by atoms with van der Waals surface area (Å²) in [4.78, 5) is 3.46. The minimum Gasteiger partial charge on any atom is -0.238 e. The zero-order valence-electron chi connectivity index (χ0n) is 7.10. The molecule has 0 saturated heterocycles. The lowest BCUT2D eigenvalue weighted by Gasteiger charge is -2.02. The molecule has 0 unspecified atom stereocenters. The Morgan fingerprint density at radius 3 is 1.91 bits per heavy atom. The molecule has 1 aromatic carbocycles. The molecule has 0 bridgehead atoms. The van der Waals surface area contributed by atoms with Crippen molar-refractivity contribution in [1.29, 1.82) is 0 Å². The van der Waals surface area contributed by atoms with Gasteiger partial charge >= 0.3 is 0 Å². The summed E-state index contributed by atoms with van der Waals surface area (Å²) < 4.78 is 0. The van der Waals surface area contributed by atoms with Gasteiger partial charge in [0.05, 0.1) is 6.57 Å². The van der Waals surface area contributed by atoms with Crippen molar-refractivity contribution in [3.8, 4) is 0 Å². The van der Waals surface area contributed by atoms with Crippen LogP contribution in [-0.2, 0) is 0 Å². The molecule has 56 valence electrons. The molecule has 0 amide bonds. The number of rotatable bonds is 0. The van der Waals surface area contributed by atoms with Crippen molar-refractivity contribution in [1.82, 2.24) is 0 Å². The standard InChI is InChI=1S/C10H11N/c1-7-5-8(2)10(11-4)9(3)6-7/h5-6H,1-3H3. The molecule has 0 atom stereocenters. The average molecular weight is 145 g/mol. The lowest BCUT2D eigenvalue weighted by molar-refractivity contribution is 1.34. The first-order valence-electron chi connectivity index (χ1n) is 3.60. The minimum atomic E-state index is 0.801. The molecule has 0 saturated carbocycles. The van der Waals surface area contributed by atoms with Gasteiger partial charge in [0, 0.05) is 0 Å². The molecule has 11 heavy (non-hydrogen) atoms. The average Bonchev–Trinajstić information content (AvgIpc) is 1.85. The smallest absolute Gasteiger partial charge is 0.193 e. The molecule has 1 rings (SSSR count). The quantitative estimate of drug-likeness (QED) is 0.494. The van der Waals surface area contributed by atoms with Crippen LogP contribution in [0, 0.1) is 27.3 Å². The summed E-state index contributed by atoms with van der Waals surface area (Å²) in [6, 6.07) is 4.08. The summed E-state index contributed by atoms with van der Waals surface area (Å²) in [5.41, 5.74) is 4.19. The van der Waals surface area contributed by atoms with Crippen LogP contribution in [0.1, 0.15) is 16.7 Å². The van der Waals surface area contributed by atoms with Gasteiger partial charge in [-0.15, -0.1) is 0 Å². The third-order valence-electron chi connectivity index (χ3n) is 1.75. The monoisotopic (exact) mass is 145 g/mol. The van der Waals surface area contributed by atoms with Gasteiger partial charge in [-0.05, 0) is 31.9 Å². The van der Waals surface area contributed by atoms with Crippen molar-refractivity contribution >= 4 is 5.69 Å². The van der Waals surface area contributed by atoms with E-state index in [0.717, 1.165) is 16.8 Å². The molecular formula is C10H11N. The molecule has 0 fully saturated rings. The summed E-state index contributed by atoms with van der Waals surface area (Å²) in [6.07, 6.45) is 0. The van der Waals surface area contributed by atoms with Crippen LogP contribution in [0.2, 0.25) is 0 Å². The maximum absolute atomic E-state index is 6.92. The molecule has 1 aromatic rings. The third kappa shape index (κ3) is 1.40. The van der Waals surface area contributed by atoms with Crippen LogP contribution in [0.4, 0.5) is 5.69 Å². The molecule has 0 N–H and O–H groups in total. The van der Waals surface area contributed by atoms with Gasteiger partial charge in [0.1, 0.15) is 0 Å². The molecule has 0 aromatic heterocycles. The lowest BCUT2D eigenvalue weighted by atomic mass is 10.1. The van der Waals surface area contributed by atoms with E-state index in [2.05, 4.69) is 4.85 Å². The summed E-state index contributed by atoms with van der Waals surface area (Å²) in [5, 5.41) is 0. The van der Waals surface area contributed by atoms with E-state index in [-0.39, 0.29) is 0 Å². The zero-order valence-corrected chi connectivity index (χ0v) is 7.10. The molecule has 1 heteroatoms. The Bertz CT molecular complexity index is 295. The van der Waals surface area contributed by atoms with E-state index < -0.39 is 0 Å². The van der Waals surface area contributed by atoms with Gasteiger partial charge in [-0.1, -0.05) is 17.7 Å². The molecular weight excluding hydrogens is 134 g/mol. The van der Waals surface area contributed by atoms with Crippen LogP contribution >= 0.6 is 0 Å². The van der Waals surface area contributed by atoms with Crippen LogP contribution in [-0.4, -0.2) is 0 Å². The molecule has 0 aliphatic carbocycles. The fraction of sp³-hybridized carbons (Fsp3) is 0.300. The van der Waals surface area contributed by atoms with Crippen LogP contribution in [0.5, 0.6) is 0 Å².